The van der Waals surface area contributed by atoms with Gasteiger partial charge in [-0.25, -0.2) is 0 Å². The number of hydrogen-bond donors (Lipinski definition) is 1. The van der Waals surface area contributed by atoms with Gasteiger partial charge < -0.3 is 4.98 Å². The molecule has 3 atom stereocenters. The minimum Gasteiger partial charge on any atom is -0.361 e. The first-order valence-electron chi connectivity index (χ1n) is 12.1. The van der Waals surface area contributed by atoms with Crippen LogP contribution in [0.3, 0.4) is 0 Å². The highest BCUT2D eigenvalue weighted by molar-refractivity contribution is 6.22. The first-order chi connectivity index (χ1) is 17.1. The van der Waals surface area contributed by atoms with Crippen molar-refractivity contribution in [1.29, 1.82) is 0 Å². The van der Waals surface area contributed by atoms with E-state index in [1.54, 1.807) is 0 Å². The van der Waals surface area contributed by atoms with Gasteiger partial charge in [-0.15, -0.1) is 0 Å². The molecule has 1 aromatic heterocycles. The number of likely N-dealkylation sites (tertiary alicyclic amines) is 1. The summed E-state index contributed by atoms with van der Waals surface area (Å²) in [6, 6.07) is 29.7. The number of Topliss-reactive ketones (excluding diaryl/α,β-unsaturated/α-hetero) is 2. The van der Waals surface area contributed by atoms with Gasteiger partial charge in [0.2, 0.25) is 0 Å². The first-order valence-corrected chi connectivity index (χ1v) is 12.1. The molecule has 2 heterocycles. The van der Waals surface area contributed by atoms with Gasteiger partial charge in [-0.2, -0.15) is 0 Å². The van der Waals surface area contributed by atoms with Gasteiger partial charge in [0.1, 0.15) is 5.54 Å². The molecule has 170 valence electrons. The van der Waals surface area contributed by atoms with Crippen molar-refractivity contribution in [2.75, 3.05) is 13.6 Å². The molecule has 4 nitrogen and oxygen atoms in total. The zero-order chi connectivity index (χ0) is 23.7. The molecule has 4 aromatic carbocycles. The Hall–Kier alpha value is -4.02. The quantitative estimate of drug-likeness (QED) is 0.342. The van der Waals surface area contributed by atoms with Crippen LogP contribution >= 0.6 is 0 Å². The highest BCUT2D eigenvalue weighted by Crippen LogP contribution is 2.57. The molecule has 1 saturated heterocycles. The Balaban J connectivity index is 1.52. The van der Waals surface area contributed by atoms with Crippen molar-refractivity contribution in [1.82, 2.24) is 9.88 Å². The van der Waals surface area contributed by atoms with Crippen LogP contribution in [-0.4, -0.2) is 35.0 Å². The summed E-state index contributed by atoms with van der Waals surface area (Å²) >= 11 is 0. The SMILES string of the molecule is CN1C[C@H](c2c[nH]c3ccccc23)[C@@H](C(=O)c2ccccc2)[C@]12C(=O)c1cccc3cccc2c13. The van der Waals surface area contributed by atoms with E-state index >= 15 is 0 Å². The number of rotatable bonds is 3. The van der Waals surface area contributed by atoms with Crippen molar-refractivity contribution in [3.63, 3.8) is 0 Å². The van der Waals surface area contributed by atoms with Gasteiger partial charge in [0.05, 0.1) is 5.92 Å². The molecule has 0 amide bonds. The van der Waals surface area contributed by atoms with E-state index in [-0.39, 0.29) is 17.5 Å². The van der Waals surface area contributed by atoms with E-state index in [9.17, 15) is 9.59 Å². The number of hydrogen-bond acceptors (Lipinski definition) is 3. The third-order valence-electron chi connectivity index (χ3n) is 8.19. The van der Waals surface area contributed by atoms with Crippen LogP contribution in [0.15, 0.2) is 97.2 Å². The molecule has 5 aromatic rings. The molecule has 0 bridgehead atoms. The number of ketones is 2. The Bertz CT molecular complexity index is 1650. The molecule has 7 rings (SSSR count). The van der Waals surface area contributed by atoms with Crippen molar-refractivity contribution >= 4 is 33.2 Å². The molecule has 0 unspecified atom stereocenters. The Morgan fingerprint density at radius 3 is 2.49 bits per heavy atom. The number of aromatic nitrogens is 1. The molecule has 0 radical (unpaired) electrons. The number of H-pyrrole nitrogens is 1. The number of nitrogens with one attached hydrogen (secondary N) is 1. The number of carbonyl (C=O) groups excluding carboxylic acids is 2. The van der Waals surface area contributed by atoms with E-state index in [4.69, 9.17) is 0 Å². The third kappa shape index (κ3) is 2.55. The normalized spacial score (nSPS) is 23.6. The highest BCUT2D eigenvalue weighted by atomic mass is 16.1. The minimum absolute atomic E-state index is 0.0170. The lowest BCUT2D eigenvalue weighted by Crippen LogP contribution is -2.50. The van der Waals surface area contributed by atoms with Gasteiger partial charge >= 0.3 is 0 Å². The van der Waals surface area contributed by atoms with Crippen molar-refractivity contribution in [2.24, 2.45) is 5.92 Å². The second kappa shape index (κ2) is 7.24. The fourth-order valence-electron chi connectivity index (χ4n) is 6.77. The van der Waals surface area contributed by atoms with Gasteiger partial charge in [-0.05, 0) is 35.0 Å². The van der Waals surface area contributed by atoms with E-state index in [0.29, 0.717) is 12.1 Å². The molecule has 4 heteroatoms. The van der Waals surface area contributed by atoms with Gasteiger partial charge in [0.25, 0.3) is 0 Å². The summed E-state index contributed by atoms with van der Waals surface area (Å²) < 4.78 is 0. The maximum absolute atomic E-state index is 14.4. The second-order valence-corrected chi connectivity index (χ2v) is 9.79. The monoisotopic (exact) mass is 456 g/mol. The van der Waals surface area contributed by atoms with Crippen LogP contribution in [0, 0.1) is 5.92 Å². The predicted octanol–water partition coefficient (Wildman–Crippen LogP) is 5.94. The van der Waals surface area contributed by atoms with Crippen LogP contribution < -0.4 is 0 Å². The van der Waals surface area contributed by atoms with Crippen molar-refractivity contribution in [3.05, 3.63) is 119 Å². The number of para-hydroxylation sites is 1. The smallest absolute Gasteiger partial charge is 0.189 e. The summed E-state index contributed by atoms with van der Waals surface area (Å²) in [7, 11) is 2.00. The third-order valence-corrected chi connectivity index (χ3v) is 8.19. The van der Waals surface area contributed by atoms with Gasteiger partial charge in [0, 0.05) is 40.7 Å². The molecule has 1 fully saturated rings. The number of nitrogens with zero attached hydrogens (tertiary/aromatic N) is 1. The summed E-state index contributed by atoms with van der Waals surface area (Å²) in [6.07, 6.45) is 2.03. The van der Waals surface area contributed by atoms with Crippen LogP contribution in [-0.2, 0) is 5.54 Å². The Morgan fingerprint density at radius 2 is 1.66 bits per heavy atom. The van der Waals surface area contributed by atoms with E-state index in [1.165, 1.54) is 0 Å². The lowest BCUT2D eigenvalue weighted by molar-refractivity contribution is 0.0573. The Labute approximate surface area is 203 Å². The average molecular weight is 457 g/mol. The van der Waals surface area contributed by atoms with Crippen molar-refractivity contribution in [2.45, 2.75) is 11.5 Å². The second-order valence-electron chi connectivity index (χ2n) is 9.79. The number of carbonyl (C=O) groups is 2. The zero-order valence-electron chi connectivity index (χ0n) is 19.4. The summed E-state index contributed by atoms with van der Waals surface area (Å²) in [5.41, 5.74) is 3.41. The molecular weight excluding hydrogens is 432 g/mol. The van der Waals surface area contributed by atoms with Crippen LogP contribution in [0.25, 0.3) is 21.7 Å². The molecule has 1 spiro atoms. The van der Waals surface area contributed by atoms with E-state index in [0.717, 1.165) is 38.4 Å². The Kier molecular flexibility index (Phi) is 4.21. The molecular formula is C31H24N2O2. The standard InChI is InChI=1S/C31H24N2O2/c1-33-18-24(23-17-32-26-16-6-5-13-21(23)26)28(29(34)20-9-3-2-4-10-20)31(33)25-15-8-12-19-11-7-14-22(27(19)25)30(31)35/h2-17,24,28,32H,18H2,1H3/t24-,28+,31-/m1/s1. The van der Waals surface area contributed by atoms with Crippen LogP contribution in [0.5, 0.6) is 0 Å². The summed E-state index contributed by atoms with van der Waals surface area (Å²) in [4.78, 5) is 34.4. The topological polar surface area (TPSA) is 53.2 Å². The molecule has 1 aliphatic heterocycles. The fourth-order valence-corrected chi connectivity index (χ4v) is 6.77. The van der Waals surface area contributed by atoms with Gasteiger partial charge in [0.15, 0.2) is 11.6 Å². The molecule has 1 aliphatic carbocycles. The summed E-state index contributed by atoms with van der Waals surface area (Å²) in [6.45, 7) is 0.612. The fraction of sp³-hybridized carbons (Fsp3) is 0.161. The zero-order valence-corrected chi connectivity index (χ0v) is 19.4. The van der Waals surface area contributed by atoms with E-state index in [2.05, 4.69) is 40.2 Å². The minimum atomic E-state index is -1.04. The molecule has 1 N–H and O–H groups in total. The first kappa shape index (κ1) is 20.4. The maximum atomic E-state index is 14.4. The predicted molar refractivity (Wildman–Crippen MR) is 138 cm³/mol. The van der Waals surface area contributed by atoms with Crippen LogP contribution in [0.4, 0.5) is 0 Å². The molecule has 35 heavy (non-hydrogen) atoms. The molecule has 0 saturated carbocycles. The number of aromatic amines is 1. The average Bonchev–Trinajstić information content (AvgIpc) is 3.53. The number of benzene rings is 4. The highest BCUT2D eigenvalue weighted by Gasteiger charge is 2.64. The van der Waals surface area contributed by atoms with Crippen molar-refractivity contribution < 1.29 is 9.59 Å². The molecule has 2 aliphatic rings. The lowest BCUT2D eigenvalue weighted by atomic mass is 9.69. The summed E-state index contributed by atoms with van der Waals surface area (Å²) in [5, 5.41) is 3.13. The van der Waals surface area contributed by atoms with Gasteiger partial charge in [-0.3, -0.25) is 14.5 Å². The Morgan fingerprint density at radius 1 is 0.914 bits per heavy atom. The van der Waals surface area contributed by atoms with E-state index in [1.807, 2.05) is 73.9 Å². The van der Waals surface area contributed by atoms with Gasteiger partial charge in [-0.1, -0.05) is 84.9 Å². The van der Waals surface area contributed by atoms with E-state index < -0.39 is 11.5 Å². The van der Waals surface area contributed by atoms with Crippen molar-refractivity contribution in [3.8, 4) is 0 Å². The summed E-state index contributed by atoms with van der Waals surface area (Å²) in [5.74, 6) is -0.649. The maximum Gasteiger partial charge on any atom is 0.189 e. The van der Waals surface area contributed by atoms with Crippen LogP contribution in [0.2, 0.25) is 0 Å². The lowest BCUT2D eigenvalue weighted by Gasteiger charge is -2.37. The number of likely N-dealkylation sites (N-methyl/N-ethyl adjacent to an activating group) is 1. The largest absolute Gasteiger partial charge is 0.361 e. The van der Waals surface area contributed by atoms with Crippen LogP contribution in [0.1, 0.15) is 37.8 Å². The number of fused-ring (bicyclic) bond motifs is 2.